The molecule has 0 heterocycles. The predicted molar refractivity (Wildman–Crippen MR) is 74.0 cm³/mol. The van der Waals surface area contributed by atoms with E-state index >= 15 is 0 Å². The average Bonchev–Trinajstić information content (AvgIpc) is 3.19. The highest BCUT2D eigenvalue weighted by Gasteiger charge is 2.33. The minimum Gasteiger partial charge on any atom is -0.329 e. The topological polar surface area (TPSA) is 38.0 Å². The Morgan fingerprint density at radius 2 is 1.82 bits per heavy atom. The Labute approximate surface area is 107 Å². The lowest BCUT2D eigenvalue weighted by Crippen LogP contribution is -2.53. The van der Waals surface area contributed by atoms with Crippen LogP contribution < -0.4 is 11.1 Å². The van der Waals surface area contributed by atoms with Crippen molar-refractivity contribution in [3.05, 3.63) is 0 Å². The van der Waals surface area contributed by atoms with Crippen LogP contribution in [-0.4, -0.2) is 18.6 Å². The van der Waals surface area contributed by atoms with Gasteiger partial charge in [0.1, 0.15) is 0 Å². The van der Waals surface area contributed by atoms with E-state index < -0.39 is 0 Å². The molecular formula is C15H30N2. The van der Waals surface area contributed by atoms with Crippen LogP contribution in [0.5, 0.6) is 0 Å². The van der Waals surface area contributed by atoms with Crippen LogP contribution in [-0.2, 0) is 0 Å². The minimum atomic E-state index is 0.287. The third kappa shape index (κ3) is 3.96. The number of hydrogen-bond acceptors (Lipinski definition) is 2. The van der Waals surface area contributed by atoms with E-state index in [2.05, 4.69) is 12.2 Å². The summed E-state index contributed by atoms with van der Waals surface area (Å²) in [4.78, 5) is 0. The molecule has 2 aliphatic carbocycles. The fourth-order valence-corrected chi connectivity index (χ4v) is 3.24. The molecule has 2 saturated carbocycles. The van der Waals surface area contributed by atoms with Crippen molar-refractivity contribution >= 4 is 0 Å². The second-order valence-corrected chi connectivity index (χ2v) is 6.35. The second-order valence-electron chi connectivity index (χ2n) is 6.35. The molecule has 3 N–H and O–H groups in total. The first-order valence-corrected chi connectivity index (χ1v) is 7.73. The third-order valence-corrected chi connectivity index (χ3v) is 5.02. The Bertz CT molecular complexity index is 215. The lowest BCUT2D eigenvalue weighted by molar-refractivity contribution is 0.190. The molecule has 17 heavy (non-hydrogen) atoms. The highest BCUT2D eigenvalue weighted by Crippen LogP contribution is 2.34. The Kier molecular flexibility index (Phi) is 4.87. The summed E-state index contributed by atoms with van der Waals surface area (Å²) < 4.78 is 0. The van der Waals surface area contributed by atoms with Crippen LogP contribution in [0.25, 0.3) is 0 Å². The molecule has 2 nitrogen and oxygen atoms in total. The first-order valence-electron chi connectivity index (χ1n) is 7.73. The van der Waals surface area contributed by atoms with Gasteiger partial charge in [0.05, 0.1) is 0 Å². The van der Waals surface area contributed by atoms with Gasteiger partial charge in [0.2, 0.25) is 0 Å². The molecule has 0 atom stereocenters. The molecule has 0 saturated heterocycles. The summed E-state index contributed by atoms with van der Waals surface area (Å²) in [7, 11) is 0. The first kappa shape index (κ1) is 13.4. The molecule has 0 aromatic heterocycles. The van der Waals surface area contributed by atoms with Crippen LogP contribution in [0.3, 0.4) is 0 Å². The van der Waals surface area contributed by atoms with Crippen LogP contribution in [0.15, 0.2) is 0 Å². The summed E-state index contributed by atoms with van der Waals surface area (Å²) in [6.45, 7) is 4.33. The van der Waals surface area contributed by atoms with Crippen molar-refractivity contribution in [3.63, 3.8) is 0 Å². The van der Waals surface area contributed by atoms with Crippen molar-refractivity contribution in [1.29, 1.82) is 0 Å². The van der Waals surface area contributed by atoms with Gasteiger partial charge in [-0.15, -0.1) is 0 Å². The van der Waals surface area contributed by atoms with Gasteiger partial charge in [0, 0.05) is 12.1 Å². The van der Waals surface area contributed by atoms with Gasteiger partial charge < -0.3 is 11.1 Å². The van der Waals surface area contributed by atoms with Crippen molar-refractivity contribution in [2.24, 2.45) is 17.6 Å². The van der Waals surface area contributed by atoms with Crippen LogP contribution in [0.1, 0.15) is 64.7 Å². The number of hydrogen-bond donors (Lipinski definition) is 2. The van der Waals surface area contributed by atoms with E-state index in [4.69, 9.17) is 5.73 Å². The van der Waals surface area contributed by atoms with Crippen molar-refractivity contribution in [1.82, 2.24) is 5.32 Å². The summed E-state index contributed by atoms with van der Waals surface area (Å²) in [6, 6.07) is 0. The quantitative estimate of drug-likeness (QED) is 0.669. The Hall–Kier alpha value is -0.0800. The molecule has 0 aromatic carbocycles. The molecule has 2 rings (SSSR count). The molecule has 0 bridgehead atoms. The zero-order chi connectivity index (χ0) is 12.1. The first-order chi connectivity index (χ1) is 8.28. The smallest absolute Gasteiger partial charge is 0.0304 e. The third-order valence-electron chi connectivity index (χ3n) is 5.02. The van der Waals surface area contributed by atoms with Crippen molar-refractivity contribution in [2.75, 3.05) is 13.1 Å². The molecule has 2 fully saturated rings. The Balaban J connectivity index is 1.67. The fourth-order valence-electron chi connectivity index (χ4n) is 3.24. The lowest BCUT2D eigenvalue weighted by atomic mass is 9.75. The van der Waals surface area contributed by atoms with Gasteiger partial charge in [-0.2, -0.15) is 0 Å². The Morgan fingerprint density at radius 3 is 2.35 bits per heavy atom. The van der Waals surface area contributed by atoms with Gasteiger partial charge in [-0.25, -0.2) is 0 Å². The van der Waals surface area contributed by atoms with Gasteiger partial charge in [-0.05, 0) is 56.9 Å². The molecule has 0 spiro atoms. The lowest BCUT2D eigenvalue weighted by Gasteiger charge is -2.40. The van der Waals surface area contributed by atoms with Gasteiger partial charge in [0.25, 0.3) is 0 Å². The van der Waals surface area contributed by atoms with E-state index in [0.29, 0.717) is 0 Å². The predicted octanol–water partition coefficient (Wildman–Crippen LogP) is 3.06. The van der Waals surface area contributed by atoms with Crippen LogP contribution in [0, 0.1) is 11.8 Å². The average molecular weight is 238 g/mol. The maximum atomic E-state index is 6.02. The number of nitrogens with two attached hydrogens (primary N) is 1. The van der Waals surface area contributed by atoms with Crippen molar-refractivity contribution in [3.8, 4) is 0 Å². The summed E-state index contributed by atoms with van der Waals surface area (Å²) in [5.74, 6) is 2.03. The van der Waals surface area contributed by atoms with E-state index in [-0.39, 0.29) is 5.54 Å². The van der Waals surface area contributed by atoms with Crippen LogP contribution >= 0.6 is 0 Å². The number of rotatable bonds is 7. The molecule has 100 valence electrons. The summed E-state index contributed by atoms with van der Waals surface area (Å²) in [5, 5.41) is 3.79. The minimum absolute atomic E-state index is 0.287. The van der Waals surface area contributed by atoms with Gasteiger partial charge in [-0.1, -0.05) is 26.2 Å². The summed E-state index contributed by atoms with van der Waals surface area (Å²) in [5.41, 5.74) is 6.30. The zero-order valence-electron chi connectivity index (χ0n) is 11.5. The highest BCUT2D eigenvalue weighted by atomic mass is 15.0. The van der Waals surface area contributed by atoms with E-state index in [0.717, 1.165) is 18.4 Å². The maximum Gasteiger partial charge on any atom is 0.0304 e. The Morgan fingerprint density at radius 1 is 1.12 bits per heavy atom. The molecule has 0 aliphatic heterocycles. The molecule has 0 amide bonds. The molecule has 2 aliphatic rings. The summed E-state index contributed by atoms with van der Waals surface area (Å²) in [6.07, 6.45) is 12.5. The molecule has 2 heteroatoms. The number of nitrogens with one attached hydrogen (secondary N) is 1. The standard InChI is InChI=1S/C15H30N2/c1-2-13-7-9-15(12-16,10-8-13)17-11-3-4-14-5-6-14/h13-14,17H,2-12,16H2,1H3. The van der Waals surface area contributed by atoms with Crippen molar-refractivity contribution in [2.45, 2.75) is 70.3 Å². The van der Waals surface area contributed by atoms with Gasteiger partial charge in [0.15, 0.2) is 0 Å². The van der Waals surface area contributed by atoms with E-state index in [9.17, 15) is 0 Å². The van der Waals surface area contributed by atoms with Crippen molar-refractivity contribution < 1.29 is 0 Å². The molecule has 0 aromatic rings. The second kappa shape index (κ2) is 6.19. The molecule has 0 radical (unpaired) electrons. The maximum absolute atomic E-state index is 6.02. The summed E-state index contributed by atoms with van der Waals surface area (Å²) >= 11 is 0. The van der Waals surface area contributed by atoms with Gasteiger partial charge >= 0.3 is 0 Å². The van der Waals surface area contributed by atoms with E-state index in [1.165, 1.54) is 64.3 Å². The fraction of sp³-hybridized carbons (Fsp3) is 1.00. The van der Waals surface area contributed by atoms with Crippen LogP contribution in [0.2, 0.25) is 0 Å². The monoisotopic (exact) mass is 238 g/mol. The highest BCUT2D eigenvalue weighted by molar-refractivity contribution is 4.93. The van der Waals surface area contributed by atoms with Gasteiger partial charge in [-0.3, -0.25) is 0 Å². The molecule has 0 unspecified atom stereocenters. The molecular weight excluding hydrogens is 208 g/mol. The zero-order valence-corrected chi connectivity index (χ0v) is 11.5. The normalized spacial score (nSPS) is 33.9. The van der Waals surface area contributed by atoms with E-state index in [1.807, 2.05) is 0 Å². The SMILES string of the molecule is CCC1CCC(CN)(NCCCC2CC2)CC1. The van der Waals surface area contributed by atoms with Crippen LogP contribution in [0.4, 0.5) is 0 Å². The largest absolute Gasteiger partial charge is 0.329 e. The van der Waals surface area contributed by atoms with E-state index in [1.54, 1.807) is 0 Å².